The summed E-state index contributed by atoms with van der Waals surface area (Å²) in [6.45, 7) is 0. The van der Waals surface area contributed by atoms with E-state index in [0.29, 0.717) is 16.1 Å². The number of hydrogen-bond acceptors (Lipinski definition) is 2. The van der Waals surface area contributed by atoms with Crippen molar-refractivity contribution in [3.63, 3.8) is 0 Å². The molecule has 0 saturated carbocycles. The summed E-state index contributed by atoms with van der Waals surface area (Å²) in [4.78, 5) is 23.4. The Labute approximate surface area is 151 Å². The molecule has 3 rings (SSSR count). The van der Waals surface area contributed by atoms with Gasteiger partial charge in [0.1, 0.15) is 6.29 Å². The number of aldehydes is 1. The highest BCUT2D eigenvalue weighted by Gasteiger charge is 2.17. The Kier molecular flexibility index (Phi) is 5.26. The van der Waals surface area contributed by atoms with Crippen LogP contribution >= 0.6 is 11.6 Å². The average Bonchev–Trinajstić information content (AvgIpc) is 2.67. The molecule has 25 heavy (non-hydrogen) atoms. The van der Waals surface area contributed by atoms with E-state index in [4.69, 9.17) is 11.6 Å². The quantitative estimate of drug-likeness (QED) is 0.680. The van der Waals surface area contributed by atoms with Crippen molar-refractivity contribution in [3.8, 4) is 0 Å². The summed E-state index contributed by atoms with van der Waals surface area (Å²) in [5.74, 6) is -0.207. The SMILES string of the molecule is O=Cc1ccc(C(=O)NC(c2ccccc2)c2ccc(Cl)cc2)cc1. The topological polar surface area (TPSA) is 46.2 Å². The maximum absolute atomic E-state index is 12.6. The van der Waals surface area contributed by atoms with Crippen molar-refractivity contribution in [2.24, 2.45) is 0 Å². The summed E-state index contributed by atoms with van der Waals surface area (Å²) in [5, 5.41) is 3.70. The zero-order valence-corrected chi connectivity index (χ0v) is 14.1. The smallest absolute Gasteiger partial charge is 0.252 e. The van der Waals surface area contributed by atoms with Gasteiger partial charge in [-0.25, -0.2) is 0 Å². The summed E-state index contributed by atoms with van der Waals surface area (Å²) in [7, 11) is 0. The van der Waals surface area contributed by atoms with Gasteiger partial charge in [-0.1, -0.05) is 66.2 Å². The van der Waals surface area contributed by atoms with Crippen LogP contribution in [0.1, 0.15) is 37.9 Å². The molecule has 4 heteroatoms. The molecule has 1 amide bonds. The van der Waals surface area contributed by atoms with E-state index >= 15 is 0 Å². The number of nitrogens with one attached hydrogen (secondary N) is 1. The highest BCUT2D eigenvalue weighted by Crippen LogP contribution is 2.24. The van der Waals surface area contributed by atoms with Crippen LogP contribution in [0.15, 0.2) is 78.9 Å². The molecule has 0 aliphatic rings. The molecule has 3 aromatic rings. The summed E-state index contributed by atoms with van der Waals surface area (Å²) < 4.78 is 0. The van der Waals surface area contributed by atoms with E-state index in [1.807, 2.05) is 42.5 Å². The van der Waals surface area contributed by atoms with Gasteiger partial charge < -0.3 is 5.32 Å². The van der Waals surface area contributed by atoms with Crippen molar-refractivity contribution in [1.82, 2.24) is 5.32 Å². The first kappa shape index (κ1) is 16.9. The van der Waals surface area contributed by atoms with Gasteiger partial charge in [0, 0.05) is 16.1 Å². The third-order valence-electron chi connectivity index (χ3n) is 3.92. The molecule has 0 bridgehead atoms. The first-order valence-corrected chi connectivity index (χ1v) is 8.21. The Hall–Kier alpha value is -2.91. The van der Waals surface area contributed by atoms with E-state index in [-0.39, 0.29) is 11.9 Å². The van der Waals surface area contributed by atoms with E-state index in [9.17, 15) is 9.59 Å². The molecule has 0 heterocycles. The minimum atomic E-state index is -0.295. The molecule has 0 aliphatic carbocycles. The second-order valence-electron chi connectivity index (χ2n) is 5.61. The fraction of sp³-hybridized carbons (Fsp3) is 0.0476. The molecule has 3 aromatic carbocycles. The van der Waals surface area contributed by atoms with Crippen molar-refractivity contribution in [2.75, 3.05) is 0 Å². The minimum absolute atomic E-state index is 0.207. The maximum Gasteiger partial charge on any atom is 0.252 e. The molecule has 3 nitrogen and oxygen atoms in total. The lowest BCUT2D eigenvalue weighted by Crippen LogP contribution is -2.29. The average molecular weight is 350 g/mol. The normalized spacial score (nSPS) is 11.6. The zero-order chi connectivity index (χ0) is 17.6. The fourth-order valence-corrected chi connectivity index (χ4v) is 2.71. The molecule has 1 atom stereocenters. The molecule has 1 N–H and O–H groups in total. The van der Waals surface area contributed by atoms with Crippen molar-refractivity contribution in [1.29, 1.82) is 0 Å². The lowest BCUT2D eigenvalue weighted by atomic mass is 9.98. The first-order valence-electron chi connectivity index (χ1n) is 7.84. The van der Waals surface area contributed by atoms with Gasteiger partial charge in [-0.2, -0.15) is 0 Å². The Bertz CT molecular complexity index is 859. The first-order chi connectivity index (χ1) is 12.2. The number of rotatable bonds is 5. The predicted molar refractivity (Wildman–Crippen MR) is 99.0 cm³/mol. The second-order valence-corrected chi connectivity index (χ2v) is 6.05. The Morgan fingerprint density at radius 1 is 0.840 bits per heavy atom. The third-order valence-corrected chi connectivity index (χ3v) is 4.17. The molecule has 0 aromatic heterocycles. The van der Waals surface area contributed by atoms with E-state index in [2.05, 4.69) is 5.32 Å². The number of hydrogen-bond donors (Lipinski definition) is 1. The molecular formula is C21H16ClNO2. The lowest BCUT2D eigenvalue weighted by molar-refractivity contribution is 0.0942. The highest BCUT2D eigenvalue weighted by atomic mass is 35.5. The Balaban J connectivity index is 1.90. The van der Waals surface area contributed by atoms with E-state index < -0.39 is 0 Å². The van der Waals surface area contributed by atoms with Gasteiger partial charge in [-0.15, -0.1) is 0 Å². The van der Waals surface area contributed by atoms with Gasteiger partial charge in [0.05, 0.1) is 6.04 Å². The van der Waals surface area contributed by atoms with Crippen LogP contribution in [-0.2, 0) is 0 Å². The molecule has 0 spiro atoms. The van der Waals surface area contributed by atoms with E-state index in [1.54, 1.807) is 36.4 Å². The van der Waals surface area contributed by atoms with Crippen LogP contribution in [0.3, 0.4) is 0 Å². The number of amides is 1. The Morgan fingerprint density at radius 3 is 2.04 bits per heavy atom. The summed E-state index contributed by atoms with van der Waals surface area (Å²) in [5.41, 5.74) is 2.95. The van der Waals surface area contributed by atoms with Crippen molar-refractivity contribution in [3.05, 3.63) is 106 Å². The van der Waals surface area contributed by atoms with Gasteiger partial charge >= 0.3 is 0 Å². The van der Waals surface area contributed by atoms with Crippen molar-refractivity contribution in [2.45, 2.75) is 6.04 Å². The van der Waals surface area contributed by atoms with Crippen LogP contribution in [0.5, 0.6) is 0 Å². The number of benzene rings is 3. The van der Waals surface area contributed by atoms with E-state index in [0.717, 1.165) is 17.4 Å². The van der Waals surface area contributed by atoms with E-state index in [1.165, 1.54) is 0 Å². The molecule has 0 fully saturated rings. The summed E-state index contributed by atoms with van der Waals surface area (Å²) in [6, 6.07) is 23.4. The largest absolute Gasteiger partial charge is 0.341 e. The number of halogens is 1. The molecule has 1 unspecified atom stereocenters. The molecular weight excluding hydrogens is 334 g/mol. The highest BCUT2D eigenvalue weighted by molar-refractivity contribution is 6.30. The Morgan fingerprint density at radius 2 is 1.44 bits per heavy atom. The maximum atomic E-state index is 12.6. The van der Waals surface area contributed by atoms with Crippen LogP contribution in [0, 0.1) is 0 Å². The summed E-state index contributed by atoms with van der Waals surface area (Å²) >= 11 is 5.98. The van der Waals surface area contributed by atoms with Crippen LogP contribution in [0.25, 0.3) is 0 Å². The van der Waals surface area contributed by atoms with Gasteiger partial charge in [-0.05, 0) is 35.4 Å². The van der Waals surface area contributed by atoms with Crippen LogP contribution in [0.4, 0.5) is 0 Å². The van der Waals surface area contributed by atoms with Crippen molar-refractivity contribution >= 4 is 23.8 Å². The molecule has 0 radical (unpaired) electrons. The summed E-state index contributed by atoms with van der Waals surface area (Å²) in [6.07, 6.45) is 0.752. The van der Waals surface area contributed by atoms with Gasteiger partial charge in [0.25, 0.3) is 5.91 Å². The predicted octanol–water partition coefficient (Wildman–Crippen LogP) is 4.67. The standard InChI is InChI=1S/C21H16ClNO2/c22-19-12-10-17(11-13-19)20(16-4-2-1-3-5-16)23-21(25)18-8-6-15(14-24)7-9-18/h1-14,20H,(H,23,25). The van der Waals surface area contributed by atoms with Crippen LogP contribution in [0.2, 0.25) is 5.02 Å². The van der Waals surface area contributed by atoms with Crippen LogP contribution in [-0.4, -0.2) is 12.2 Å². The van der Waals surface area contributed by atoms with Crippen molar-refractivity contribution < 1.29 is 9.59 Å². The molecule has 0 aliphatic heterocycles. The van der Waals surface area contributed by atoms with Gasteiger partial charge in [0.2, 0.25) is 0 Å². The fourth-order valence-electron chi connectivity index (χ4n) is 2.59. The number of carbonyl (C=O) groups is 2. The second kappa shape index (κ2) is 7.77. The van der Waals surface area contributed by atoms with Crippen LogP contribution < -0.4 is 5.32 Å². The zero-order valence-electron chi connectivity index (χ0n) is 13.4. The monoisotopic (exact) mass is 349 g/mol. The molecule has 124 valence electrons. The van der Waals surface area contributed by atoms with Gasteiger partial charge in [-0.3, -0.25) is 9.59 Å². The van der Waals surface area contributed by atoms with Gasteiger partial charge in [0.15, 0.2) is 0 Å². The minimum Gasteiger partial charge on any atom is -0.341 e. The molecule has 0 saturated heterocycles. The number of carbonyl (C=O) groups excluding carboxylic acids is 2. The third kappa shape index (κ3) is 4.14. The lowest BCUT2D eigenvalue weighted by Gasteiger charge is -2.20.